The van der Waals surface area contributed by atoms with E-state index in [0.29, 0.717) is 17.7 Å². The molecule has 1 saturated heterocycles. The van der Waals surface area contributed by atoms with E-state index in [1.54, 1.807) is 0 Å². The molecule has 0 radical (unpaired) electrons. The third kappa shape index (κ3) is 2.03. The monoisotopic (exact) mass is 377 g/mol. The number of phenolic OH excluding ortho intramolecular Hbond substituents is 1. The number of likely N-dealkylation sites (tertiary alicyclic amines) is 1. The first kappa shape index (κ1) is 16.9. The van der Waals surface area contributed by atoms with Crippen molar-refractivity contribution in [2.75, 3.05) is 13.6 Å². The Bertz CT molecular complexity index is 943. The van der Waals surface area contributed by atoms with Gasteiger partial charge in [-0.15, -0.1) is 0 Å². The molecule has 0 aromatic heterocycles. The Morgan fingerprint density at radius 3 is 2.86 bits per heavy atom. The number of phenols is 1. The highest BCUT2D eigenvalue weighted by molar-refractivity contribution is 5.63. The Labute approximate surface area is 165 Å². The molecule has 2 heterocycles. The number of hydrogen-bond donors (Lipinski definition) is 2. The molecule has 28 heavy (non-hydrogen) atoms. The zero-order valence-electron chi connectivity index (χ0n) is 16.3. The molecule has 2 fully saturated rings. The second-order valence-corrected chi connectivity index (χ2v) is 9.23. The standard InChI is InChI=1S/C24H27NO3/c1-25-10-9-24-17-7-8-19(26)23(24)28-22-20(27)12-15(11-14-5-3-2-4-6-14)16(21(22)24)13-18(17)25/h2-6,12,17-19,23,26-27H,7-11,13H2,1H3/t17-,18+,19-,23-,24-/m0/s1. The van der Waals surface area contributed by atoms with Crippen molar-refractivity contribution in [3.63, 3.8) is 0 Å². The minimum Gasteiger partial charge on any atom is -0.504 e. The minimum absolute atomic E-state index is 0.137. The summed E-state index contributed by atoms with van der Waals surface area (Å²) in [6, 6.07) is 12.9. The summed E-state index contributed by atoms with van der Waals surface area (Å²) in [7, 11) is 2.25. The number of aromatic hydroxyl groups is 1. The van der Waals surface area contributed by atoms with Crippen molar-refractivity contribution < 1.29 is 14.9 Å². The number of aliphatic hydroxyl groups excluding tert-OH is 1. The Morgan fingerprint density at radius 1 is 1.21 bits per heavy atom. The first-order valence-corrected chi connectivity index (χ1v) is 10.6. The molecule has 2 aliphatic heterocycles. The van der Waals surface area contributed by atoms with E-state index >= 15 is 0 Å². The predicted octanol–water partition coefficient (Wildman–Crippen LogP) is 3.01. The largest absolute Gasteiger partial charge is 0.504 e. The van der Waals surface area contributed by atoms with E-state index in [4.69, 9.17) is 4.74 Å². The van der Waals surface area contributed by atoms with Crippen molar-refractivity contribution in [1.29, 1.82) is 0 Å². The molecule has 2 aliphatic carbocycles. The third-order valence-electron chi connectivity index (χ3n) is 8.02. The van der Waals surface area contributed by atoms with Crippen LogP contribution in [0.5, 0.6) is 11.5 Å². The zero-order chi connectivity index (χ0) is 19.0. The lowest BCUT2D eigenvalue weighted by molar-refractivity contribution is -0.0994. The number of ether oxygens (including phenoxy) is 1. The van der Waals surface area contributed by atoms with E-state index in [0.717, 1.165) is 38.6 Å². The molecule has 0 amide bonds. The molecule has 2 N–H and O–H groups in total. The van der Waals surface area contributed by atoms with Gasteiger partial charge in [0.05, 0.1) is 6.10 Å². The molecule has 6 rings (SSSR count). The van der Waals surface area contributed by atoms with Crippen LogP contribution in [-0.2, 0) is 18.3 Å². The van der Waals surface area contributed by atoms with Crippen LogP contribution in [-0.4, -0.2) is 47.0 Å². The molecule has 4 aliphatic rings. The highest BCUT2D eigenvalue weighted by Gasteiger charge is 2.65. The topological polar surface area (TPSA) is 52.9 Å². The van der Waals surface area contributed by atoms with Gasteiger partial charge in [-0.25, -0.2) is 0 Å². The van der Waals surface area contributed by atoms with Gasteiger partial charge in [0.25, 0.3) is 0 Å². The third-order valence-corrected chi connectivity index (χ3v) is 8.02. The fourth-order valence-corrected chi connectivity index (χ4v) is 6.84. The molecule has 5 atom stereocenters. The number of likely N-dealkylation sites (N-methyl/N-ethyl adjacent to an activating group) is 1. The fraction of sp³-hybridized carbons (Fsp3) is 0.500. The van der Waals surface area contributed by atoms with E-state index in [2.05, 4.69) is 36.2 Å². The quantitative estimate of drug-likeness (QED) is 0.845. The summed E-state index contributed by atoms with van der Waals surface area (Å²) in [6.45, 7) is 1.02. The summed E-state index contributed by atoms with van der Waals surface area (Å²) >= 11 is 0. The minimum atomic E-state index is -0.448. The lowest BCUT2D eigenvalue weighted by Crippen LogP contribution is -2.66. The van der Waals surface area contributed by atoms with Crippen LogP contribution in [0.4, 0.5) is 0 Å². The highest BCUT2D eigenvalue weighted by Crippen LogP contribution is 2.64. The number of rotatable bonds is 2. The van der Waals surface area contributed by atoms with E-state index in [1.807, 2.05) is 12.1 Å². The first-order chi connectivity index (χ1) is 13.6. The van der Waals surface area contributed by atoms with E-state index in [1.165, 1.54) is 22.3 Å². The summed E-state index contributed by atoms with van der Waals surface area (Å²) in [5.74, 6) is 1.40. The summed E-state index contributed by atoms with van der Waals surface area (Å²) in [4.78, 5) is 2.52. The normalized spacial score (nSPS) is 35.4. The van der Waals surface area contributed by atoms with Gasteiger partial charge in [0, 0.05) is 17.0 Å². The molecule has 2 aromatic rings. The van der Waals surface area contributed by atoms with Crippen LogP contribution in [0, 0.1) is 5.92 Å². The molecule has 0 unspecified atom stereocenters. The van der Waals surface area contributed by atoms with Crippen molar-refractivity contribution in [1.82, 2.24) is 4.90 Å². The summed E-state index contributed by atoms with van der Waals surface area (Å²) in [5.41, 5.74) is 4.93. The van der Waals surface area contributed by atoms with Crippen LogP contribution in [0.3, 0.4) is 0 Å². The Kier molecular flexibility index (Phi) is 3.46. The smallest absolute Gasteiger partial charge is 0.165 e. The fourth-order valence-electron chi connectivity index (χ4n) is 6.84. The van der Waals surface area contributed by atoms with Crippen LogP contribution in [0.25, 0.3) is 0 Å². The van der Waals surface area contributed by atoms with Crippen LogP contribution in [0.15, 0.2) is 36.4 Å². The average molecular weight is 377 g/mol. The van der Waals surface area contributed by atoms with Crippen LogP contribution in [0.1, 0.15) is 41.5 Å². The maximum Gasteiger partial charge on any atom is 0.165 e. The van der Waals surface area contributed by atoms with Gasteiger partial charge < -0.3 is 19.8 Å². The Morgan fingerprint density at radius 2 is 2.04 bits per heavy atom. The van der Waals surface area contributed by atoms with Gasteiger partial charge >= 0.3 is 0 Å². The number of piperidine rings is 1. The maximum atomic E-state index is 10.9. The van der Waals surface area contributed by atoms with E-state index in [-0.39, 0.29) is 17.3 Å². The number of benzene rings is 2. The number of nitrogens with zero attached hydrogens (tertiary/aromatic N) is 1. The molecular weight excluding hydrogens is 350 g/mol. The van der Waals surface area contributed by atoms with Crippen molar-refractivity contribution in [3.8, 4) is 11.5 Å². The molecule has 1 saturated carbocycles. The van der Waals surface area contributed by atoms with Gasteiger partial charge in [0.2, 0.25) is 0 Å². The molecule has 146 valence electrons. The number of aliphatic hydroxyl groups is 1. The molecule has 4 heteroatoms. The Hall–Kier alpha value is -2.04. The van der Waals surface area contributed by atoms with Gasteiger partial charge in [-0.1, -0.05) is 30.3 Å². The van der Waals surface area contributed by atoms with Crippen molar-refractivity contribution in [2.45, 2.75) is 55.8 Å². The second kappa shape index (κ2) is 5.74. The highest BCUT2D eigenvalue weighted by atomic mass is 16.5. The molecular formula is C24H27NO3. The lowest BCUT2D eigenvalue weighted by atomic mass is 9.51. The summed E-state index contributed by atoms with van der Waals surface area (Å²) in [5, 5.41) is 21.7. The summed E-state index contributed by atoms with van der Waals surface area (Å²) in [6.07, 6.45) is 4.01. The molecule has 2 aromatic carbocycles. The molecule has 2 bridgehead atoms. The van der Waals surface area contributed by atoms with Gasteiger partial charge in [-0.2, -0.15) is 0 Å². The van der Waals surface area contributed by atoms with Crippen LogP contribution in [0.2, 0.25) is 0 Å². The predicted molar refractivity (Wildman–Crippen MR) is 107 cm³/mol. The summed E-state index contributed by atoms with van der Waals surface area (Å²) < 4.78 is 6.34. The second-order valence-electron chi connectivity index (χ2n) is 9.23. The van der Waals surface area contributed by atoms with E-state index < -0.39 is 6.10 Å². The number of hydrogen-bond acceptors (Lipinski definition) is 4. The van der Waals surface area contributed by atoms with Gasteiger partial charge in [0.15, 0.2) is 11.5 Å². The molecule has 4 nitrogen and oxygen atoms in total. The van der Waals surface area contributed by atoms with E-state index in [9.17, 15) is 10.2 Å². The van der Waals surface area contributed by atoms with Gasteiger partial charge in [-0.3, -0.25) is 0 Å². The SMILES string of the molecule is CN1CC[C@]23c4c5c(Cc6ccccc6)cc(O)c4O[C@H]2[C@@H](O)CC[C@H]3[C@H]1C5. The van der Waals surface area contributed by atoms with Gasteiger partial charge in [-0.05, 0) is 74.4 Å². The van der Waals surface area contributed by atoms with Crippen LogP contribution >= 0.6 is 0 Å². The van der Waals surface area contributed by atoms with Crippen molar-refractivity contribution in [3.05, 3.63) is 58.7 Å². The van der Waals surface area contributed by atoms with Crippen LogP contribution < -0.4 is 4.74 Å². The Balaban J connectivity index is 1.57. The van der Waals surface area contributed by atoms with Gasteiger partial charge in [0.1, 0.15) is 6.10 Å². The average Bonchev–Trinajstić information content (AvgIpc) is 3.05. The van der Waals surface area contributed by atoms with Crippen molar-refractivity contribution >= 4 is 0 Å². The lowest BCUT2D eigenvalue weighted by Gasteiger charge is -2.58. The molecule has 1 spiro atoms. The first-order valence-electron chi connectivity index (χ1n) is 10.6. The zero-order valence-corrected chi connectivity index (χ0v) is 16.3. The van der Waals surface area contributed by atoms with Crippen molar-refractivity contribution in [2.24, 2.45) is 5.92 Å². The maximum absolute atomic E-state index is 10.9.